The summed E-state index contributed by atoms with van der Waals surface area (Å²) in [7, 11) is 0. The molecule has 0 N–H and O–H groups in total. The second-order valence-electron chi connectivity index (χ2n) is 5.70. The number of benzene rings is 1. The van der Waals surface area contributed by atoms with Gasteiger partial charge in [0.05, 0.1) is 11.5 Å². The van der Waals surface area contributed by atoms with Crippen LogP contribution >= 0.6 is 0 Å². The third-order valence-electron chi connectivity index (χ3n) is 4.39. The van der Waals surface area contributed by atoms with Crippen LogP contribution < -0.4 is 0 Å². The van der Waals surface area contributed by atoms with Crippen molar-refractivity contribution in [3.05, 3.63) is 66.0 Å². The summed E-state index contributed by atoms with van der Waals surface area (Å²) in [6.45, 7) is 2.88. The number of hydrogen-bond acceptors (Lipinski definition) is 3. The number of pyridine rings is 1. The van der Waals surface area contributed by atoms with E-state index in [1.165, 1.54) is 5.56 Å². The Hall–Kier alpha value is -2.18. The molecule has 3 nitrogen and oxygen atoms in total. The van der Waals surface area contributed by atoms with Crippen molar-refractivity contribution < 1.29 is 0 Å². The van der Waals surface area contributed by atoms with Crippen LogP contribution in [0.5, 0.6) is 0 Å². The molecule has 0 bridgehead atoms. The van der Waals surface area contributed by atoms with Gasteiger partial charge < -0.3 is 0 Å². The lowest BCUT2D eigenvalue weighted by atomic mass is 9.74. The van der Waals surface area contributed by atoms with Crippen molar-refractivity contribution in [1.82, 2.24) is 9.88 Å². The first-order valence-electron chi connectivity index (χ1n) is 7.40. The molecule has 0 atom stereocenters. The summed E-state index contributed by atoms with van der Waals surface area (Å²) in [6.07, 6.45) is 5.36. The van der Waals surface area contributed by atoms with Crippen molar-refractivity contribution >= 4 is 0 Å². The van der Waals surface area contributed by atoms with Crippen molar-refractivity contribution in [2.75, 3.05) is 13.1 Å². The molecule has 106 valence electrons. The van der Waals surface area contributed by atoms with E-state index in [1.807, 2.05) is 24.4 Å². The molecule has 2 heterocycles. The molecule has 0 radical (unpaired) electrons. The van der Waals surface area contributed by atoms with Gasteiger partial charge in [-0.1, -0.05) is 36.4 Å². The minimum absolute atomic E-state index is 0.360. The molecule has 1 aliphatic heterocycles. The highest BCUT2D eigenvalue weighted by Gasteiger charge is 2.36. The molecule has 0 aliphatic carbocycles. The molecule has 0 unspecified atom stereocenters. The summed E-state index contributed by atoms with van der Waals surface area (Å²) in [5, 5.41) is 9.67. The minimum Gasteiger partial charge on any atom is -0.299 e. The quantitative estimate of drug-likeness (QED) is 0.865. The first-order chi connectivity index (χ1) is 10.3. The second-order valence-corrected chi connectivity index (χ2v) is 5.70. The number of piperidine rings is 1. The van der Waals surface area contributed by atoms with Crippen molar-refractivity contribution in [1.29, 1.82) is 5.26 Å². The molecule has 1 aliphatic rings. The molecule has 21 heavy (non-hydrogen) atoms. The SMILES string of the molecule is N#CC1(c2cccnc2)CCN(Cc2ccccc2)CC1. The normalized spacial score (nSPS) is 18.0. The Morgan fingerprint density at radius 2 is 1.86 bits per heavy atom. The first kappa shape index (κ1) is 13.8. The van der Waals surface area contributed by atoms with Gasteiger partial charge in [-0.3, -0.25) is 9.88 Å². The maximum Gasteiger partial charge on any atom is 0.0861 e. The van der Waals surface area contributed by atoms with Gasteiger partial charge in [0, 0.05) is 32.0 Å². The number of nitrogens with zero attached hydrogens (tertiary/aromatic N) is 3. The van der Waals surface area contributed by atoms with E-state index in [9.17, 15) is 5.26 Å². The van der Waals surface area contributed by atoms with E-state index < -0.39 is 0 Å². The Labute approximate surface area is 125 Å². The summed E-state index contributed by atoms with van der Waals surface area (Å²) in [4.78, 5) is 6.61. The zero-order valence-electron chi connectivity index (χ0n) is 12.1. The van der Waals surface area contributed by atoms with Gasteiger partial charge in [0.25, 0.3) is 0 Å². The third-order valence-corrected chi connectivity index (χ3v) is 4.39. The average Bonchev–Trinajstić information content (AvgIpc) is 2.58. The maximum absolute atomic E-state index is 9.67. The van der Waals surface area contributed by atoms with Crippen LogP contribution in [0.3, 0.4) is 0 Å². The predicted molar refractivity (Wildman–Crippen MR) is 82.5 cm³/mol. The van der Waals surface area contributed by atoms with Gasteiger partial charge in [-0.25, -0.2) is 0 Å². The molecule has 1 aromatic heterocycles. The van der Waals surface area contributed by atoms with Gasteiger partial charge in [-0.05, 0) is 30.0 Å². The molecular weight excluding hydrogens is 258 g/mol. The van der Waals surface area contributed by atoms with Gasteiger partial charge in [-0.2, -0.15) is 5.26 Å². The van der Waals surface area contributed by atoms with Crippen molar-refractivity contribution in [3.8, 4) is 6.07 Å². The molecule has 1 aromatic carbocycles. The van der Waals surface area contributed by atoms with Crippen LogP contribution in [0.1, 0.15) is 24.0 Å². The van der Waals surface area contributed by atoms with Crippen molar-refractivity contribution in [3.63, 3.8) is 0 Å². The van der Waals surface area contributed by atoms with Crippen LogP contribution in [0.4, 0.5) is 0 Å². The lowest BCUT2D eigenvalue weighted by molar-refractivity contribution is 0.179. The monoisotopic (exact) mass is 277 g/mol. The summed E-state index contributed by atoms with van der Waals surface area (Å²) in [6, 6.07) is 17.0. The molecule has 3 heteroatoms. The Kier molecular flexibility index (Phi) is 3.98. The molecule has 0 spiro atoms. The topological polar surface area (TPSA) is 39.9 Å². The summed E-state index contributed by atoms with van der Waals surface area (Å²) in [5.74, 6) is 0. The first-order valence-corrected chi connectivity index (χ1v) is 7.40. The third kappa shape index (κ3) is 2.96. The predicted octanol–water partition coefficient (Wildman–Crippen LogP) is 3.14. The zero-order valence-corrected chi connectivity index (χ0v) is 12.1. The van der Waals surface area contributed by atoms with E-state index in [0.717, 1.165) is 38.0 Å². The van der Waals surface area contributed by atoms with Crippen LogP contribution in [-0.2, 0) is 12.0 Å². The van der Waals surface area contributed by atoms with Crippen LogP contribution in [0.25, 0.3) is 0 Å². The van der Waals surface area contributed by atoms with E-state index in [4.69, 9.17) is 0 Å². The van der Waals surface area contributed by atoms with Crippen LogP contribution in [-0.4, -0.2) is 23.0 Å². The fourth-order valence-electron chi connectivity index (χ4n) is 3.05. The van der Waals surface area contributed by atoms with Gasteiger partial charge in [0.2, 0.25) is 0 Å². The van der Waals surface area contributed by atoms with E-state index in [0.29, 0.717) is 0 Å². The Balaban J connectivity index is 1.68. The van der Waals surface area contributed by atoms with Gasteiger partial charge in [0.15, 0.2) is 0 Å². The lowest BCUT2D eigenvalue weighted by Crippen LogP contribution is -2.41. The molecule has 1 saturated heterocycles. The average molecular weight is 277 g/mol. The standard InChI is InChI=1S/C18H19N3/c19-15-18(17-7-4-10-20-13-17)8-11-21(12-9-18)14-16-5-2-1-3-6-16/h1-7,10,13H,8-9,11-12,14H2. The molecular formula is C18H19N3. The summed E-state index contributed by atoms with van der Waals surface area (Å²) >= 11 is 0. The molecule has 0 amide bonds. The van der Waals surface area contributed by atoms with E-state index in [-0.39, 0.29) is 5.41 Å². The largest absolute Gasteiger partial charge is 0.299 e. The van der Waals surface area contributed by atoms with E-state index in [1.54, 1.807) is 6.20 Å². The number of rotatable bonds is 3. The van der Waals surface area contributed by atoms with Crippen LogP contribution in [0.2, 0.25) is 0 Å². The summed E-state index contributed by atoms with van der Waals surface area (Å²) < 4.78 is 0. The van der Waals surface area contributed by atoms with E-state index >= 15 is 0 Å². The van der Waals surface area contributed by atoms with Crippen LogP contribution in [0, 0.1) is 11.3 Å². The van der Waals surface area contributed by atoms with Gasteiger partial charge >= 0.3 is 0 Å². The number of hydrogen-bond donors (Lipinski definition) is 0. The van der Waals surface area contributed by atoms with Gasteiger partial charge in [-0.15, -0.1) is 0 Å². The smallest absolute Gasteiger partial charge is 0.0861 e. The number of aromatic nitrogens is 1. The highest BCUT2D eigenvalue weighted by Crippen LogP contribution is 2.34. The Morgan fingerprint density at radius 1 is 1.10 bits per heavy atom. The minimum atomic E-state index is -0.360. The second kappa shape index (κ2) is 6.07. The number of likely N-dealkylation sites (tertiary alicyclic amines) is 1. The zero-order chi connectivity index (χ0) is 14.5. The Morgan fingerprint density at radius 3 is 2.48 bits per heavy atom. The summed E-state index contributed by atoms with van der Waals surface area (Å²) in [5.41, 5.74) is 2.04. The lowest BCUT2D eigenvalue weighted by Gasteiger charge is -2.37. The molecule has 1 fully saturated rings. The highest BCUT2D eigenvalue weighted by atomic mass is 15.1. The number of nitriles is 1. The molecule has 0 saturated carbocycles. The fraction of sp³-hybridized carbons (Fsp3) is 0.333. The van der Waals surface area contributed by atoms with E-state index in [2.05, 4.69) is 40.2 Å². The fourth-order valence-corrected chi connectivity index (χ4v) is 3.05. The van der Waals surface area contributed by atoms with Crippen LogP contribution in [0.15, 0.2) is 54.9 Å². The molecule has 2 aromatic rings. The Bertz CT molecular complexity index is 608. The van der Waals surface area contributed by atoms with Crippen molar-refractivity contribution in [2.45, 2.75) is 24.8 Å². The van der Waals surface area contributed by atoms with Gasteiger partial charge in [0.1, 0.15) is 0 Å². The van der Waals surface area contributed by atoms with Crippen molar-refractivity contribution in [2.24, 2.45) is 0 Å². The molecule has 3 rings (SSSR count). The highest BCUT2D eigenvalue weighted by molar-refractivity contribution is 5.31. The maximum atomic E-state index is 9.67.